The second kappa shape index (κ2) is 5.01. The first-order chi connectivity index (χ1) is 8.09. The van der Waals surface area contributed by atoms with E-state index in [1.54, 1.807) is 5.51 Å². The summed E-state index contributed by atoms with van der Waals surface area (Å²) in [6.45, 7) is 4.31. The third-order valence-corrected chi connectivity index (χ3v) is 3.93. The highest BCUT2D eigenvalue weighted by Gasteiger charge is 2.26. The Labute approximate surface area is 104 Å². The lowest BCUT2D eigenvalue weighted by Crippen LogP contribution is -2.47. The van der Waals surface area contributed by atoms with Crippen molar-refractivity contribution >= 4 is 22.3 Å². The Kier molecular flexibility index (Phi) is 3.63. The van der Waals surface area contributed by atoms with Gasteiger partial charge in [0, 0.05) is 12.1 Å². The Balaban J connectivity index is 2.13. The first-order valence-corrected chi connectivity index (χ1v) is 6.69. The maximum Gasteiger partial charge on any atom is 0.357 e. The molecule has 1 aromatic heterocycles. The molecule has 0 spiro atoms. The largest absolute Gasteiger partial charge is 0.476 e. The number of nitrogens with one attached hydrogen (secondary N) is 1. The van der Waals surface area contributed by atoms with E-state index in [1.807, 2.05) is 0 Å². The number of hydrogen-bond acceptors (Lipinski definition) is 5. The molecule has 2 atom stereocenters. The number of piperidine rings is 1. The Morgan fingerprint density at radius 1 is 1.53 bits per heavy atom. The Bertz CT molecular complexity index is 397. The summed E-state index contributed by atoms with van der Waals surface area (Å²) >= 11 is 1.33. The van der Waals surface area contributed by atoms with Gasteiger partial charge in [0.05, 0.1) is 5.51 Å². The summed E-state index contributed by atoms with van der Waals surface area (Å²) in [7, 11) is 0. The monoisotopic (exact) mass is 255 g/mol. The smallest absolute Gasteiger partial charge is 0.357 e. The van der Waals surface area contributed by atoms with Crippen molar-refractivity contribution in [2.75, 3.05) is 5.43 Å². The van der Waals surface area contributed by atoms with Crippen LogP contribution in [-0.2, 0) is 0 Å². The molecule has 0 aliphatic carbocycles. The van der Waals surface area contributed by atoms with Crippen molar-refractivity contribution in [1.29, 1.82) is 0 Å². The van der Waals surface area contributed by atoms with Crippen molar-refractivity contribution in [1.82, 2.24) is 9.99 Å². The molecule has 1 fully saturated rings. The highest BCUT2D eigenvalue weighted by Crippen LogP contribution is 2.27. The maximum atomic E-state index is 11.0. The van der Waals surface area contributed by atoms with E-state index in [9.17, 15) is 4.79 Å². The Morgan fingerprint density at radius 2 is 2.18 bits per heavy atom. The van der Waals surface area contributed by atoms with E-state index in [2.05, 4.69) is 29.3 Å². The number of anilines is 1. The predicted molar refractivity (Wildman–Crippen MR) is 67.3 cm³/mol. The molecular weight excluding hydrogens is 238 g/mol. The van der Waals surface area contributed by atoms with E-state index in [0.717, 1.165) is 12.8 Å². The van der Waals surface area contributed by atoms with E-state index < -0.39 is 5.97 Å². The standard InChI is InChI=1S/C11H17N3O2S/c1-7-4-3-5-8(2)14(7)13-10-9(11(15)16)12-6-17-10/h6-8,13H,3-5H2,1-2H3,(H,15,16). The van der Waals surface area contributed by atoms with E-state index in [0.29, 0.717) is 17.1 Å². The molecule has 0 amide bonds. The summed E-state index contributed by atoms with van der Waals surface area (Å²) in [4.78, 5) is 14.8. The van der Waals surface area contributed by atoms with Crippen molar-refractivity contribution < 1.29 is 9.90 Å². The molecule has 1 aliphatic heterocycles. The zero-order valence-electron chi connectivity index (χ0n) is 10.0. The SMILES string of the molecule is CC1CCCC(C)N1Nc1scnc1C(=O)O. The maximum absolute atomic E-state index is 11.0. The molecule has 0 aromatic carbocycles. The molecule has 5 nitrogen and oxygen atoms in total. The molecule has 2 unspecified atom stereocenters. The fourth-order valence-electron chi connectivity index (χ4n) is 2.24. The second-order valence-electron chi connectivity index (χ2n) is 4.48. The number of hydrazine groups is 1. The predicted octanol–water partition coefficient (Wildman–Crippen LogP) is 2.43. The van der Waals surface area contributed by atoms with Crippen molar-refractivity contribution in [2.24, 2.45) is 0 Å². The van der Waals surface area contributed by atoms with E-state index in [4.69, 9.17) is 5.11 Å². The number of carboxylic acid groups (broad SMARTS) is 1. The van der Waals surface area contributed by atoms with Gasteiger partial charge in [0.2, 0.25) is 0 Å². The van der Waals surface area contributed by atoms with Gasteiger partial charge < -0.3 is 10.5 Å². The number of hydrogen-bond donors (Lipinski definition) is 2. The molecule has 0 saturated carbocycles. The molecular formula is C11H17N3O2S. The lowest BCUT2D eigenvalue weighted by molar-refractivity contribution is 0.0690. The summed E-state index contributed by atoms with van der Waals surface area (Å²) in [5.41, 5.74) is 4.89. The number of aromatic nitrogens is 1. The zero-order chi connectivity index (χ0) is 12.4. The van der Waals surface area contributed by atoms with Crippen LogP contribution in [-0.4, -0.2) is 33.2 Å². The van der Waals surface area contributed by atoms with Crippen LogP contribution in [0.25, 0.3) is 0 Å². The van der Waals surface area contributed by atoms with Crippen molar-refractivity contribution in [3.63, 3.8) is 0 Å². The molecule has 2 heterocycles. The van der Waals surface area contributed by atoms with Crippen LogP contribution >= 0.6 is 11.3 Å². The van der Waals surface area contributed by atoms with Crippen LogP contribution in [0.5, 0.6) is 0 Å². The highest BCUT2D eigenvalue weighted by atomic mass is 32.1. The number of thiazole rings is 1. The zero-order valence-corrected chi connectivity index (χ0v) is 10.8. The van der Waals surface area contributed by atoms with Gasteiger partial charge in [-0.25, -0.2) is 14.8 Å². The van der Waals surface area contributed by atoms with Gasteiger partial charge in [-0.1, -0.05) is 6.42 Å². The Morgan fingerprint density at radius 3 is 2.76 bits per heavy atom. The summed E-state index contributed by atoms with van der Waals surface area (Å²) in [5.74, 6) is -0.980. The number of aromatic carboxylic acids is 1. The first kappa shape index (κ1) is 12.3. The molecule has 1 saturated heterocycles. The fraction of sp³-hybridized carbons (Fsp3) is 0.636. The van der Waals surface area contributed by atoms with Gasteiger partial charge in [-0.15, -0.1) is 11.3 Å². The average Bonchev–Trinajstić information content (AvgIpc) is 2.72. The third-order valence-electron chi connectivity index (χ3n) is 3.19. The third kappa shape index (κ3) is 2.58. The molecule has 94 valence electrons. The summed E-state index contributed by atoms with van der Waals surface area (Å²) < 4.78 is 0. The van der Waals surface area contributed by atoms with Crippen LogP contribution in [0, 0.1) is 0 Å². The minimum atomic E-state index is -0.980. The minimum absolute atomic E-state index is 0.111. The van der Waals surface area contributed by atoms with E-state index >= 15 is 0 Å². The number of rotatable bonds is 3. The fourth-order valence-corrected chi connectivity index (χ4v) is 2.91. The van der Waals surface area contributed by atoms with Gasteiger partial charge in [0.15, 0.2) is 5.69 Å². The lowest BCUT2D eigenvalue weighted by atomic mass is 10.00. The van der Waals surface area contributed by atoms with Gasteiger partial charge in [-0.2, -0.15) is 0 Å². The van der Waals surface area contributed by atoms with Gasteiger partial charge >= 0.3 is 5.97 Å². The highest BCUT2D eigenvalue weighted by molar-refractivity contribution is 7.14. The molecule has 6 heteroatoms. The molecule has 1 aliphatic rings. The van der Waals surface area contributed by atoms with Crippen LogP contribution in [0.3, 0.4) is 0 Å². The van der Waals surface area contributed by atoms with Crippen LogP contribution in [0.4, 0.5) is 5.00 Å². The van der Waals surface area contributed by atoms with E-state index in [-0.39, 0.29) is 5.69 Å². The summed E-state index contributed by atoms with van der Waals surface area (Å²) in [6.07, 6.45) is 3.51. The van der Waals surface area contributed by atoms with Gasteiger partial charge in [0.1, 0.15) is 5.00 Å². The van der Waals surface area contributed by atoms with E-state index in [1.165, 1.54) is 17.8 Å². The quantitative estimate of drug-likeness (QED) is 0.868. The van der Waals surface area contributed by atoms with Crippen LogP contribution in [0.2, 0.25) is 0 Å². The molecule has 0 bridgehead atoms. The van der Waals surface area contributed by atoms with Crippen molar-refractivity contribution in [3.05, 3.63) is 11.2 Å². The van der Waals surface area contributed by atoms with Crippen LogP contribution in [0.1, 0.15) is 43.6 Å². The molecule has 0 radical (unpaired) electrons. The van der Waals surface area contributed by atoms with Gasteiger partial charge in [-0.05, 0) is 26.7 Å². The second-order valence-corrected chi connectivity index (χ2v) is 5.34. The minimum Gasteiger partial charge on any atom is -0.476 e. The molecule has 2 N–H and O–H groups in total. The first-order valence-electron chi connectivity index (χ1n) is 5.81. The number of nitrogens with zero attached hydrogens (tertiary/aromatic N) is 2. The average molecular weight is 255 g/mol. The normalized spacial score (nSPS) is 25.8. The molecule has 1 aromatic rings. The van der Waals surface area contributed by atoms with Gasteiger partial charge in [0.25, 0.3) is 0 Å². The number of carbonyl (C=O) groups is 1. The Hall–Kier alpha value is -1.14. The van der Waals surface area contributed by atoms with Crippen molar-refractivity contribution in [2.45, 2.75) is 45.2 Å². The number of carboxylic acids is 1. The van der Waals surface area contributed by atoms with Crippen LogP contribution in [0.15, 0.2) is 5.51 Å². The summed E-state index contributed by atoms with van der Waals surface area (Å²) in [5, 5.41) is 11.8. The molecule has 17 heavy (non-hydrogen) atoms. The van der Waals surface area contributed by atoms with Crippen LogP contribution < -0.4 is 5.43 Å². The topological polar surface area (TPSA) is 65.5 Å². The van der Waals surface area contributed by atoms with Gasteiger partial charge in [-0.3, -0.25) is 0 Å². The molecule has 2 rings (SSSR count). The lowest BCUT2D eigenvalue weighted by Gasteiger charge is -2.39. The van der Waals surface area contributed by atoms with Crippen molar-refractivity contribution in [3.8, 4) is 0 Å². The summed E-state index contributed by atoms with van der Waals surface area (Å²) in [6, 6.07) is 0.838.